The standard InChI is InChI=1S/C20H24F4O4/c1-2-26-18-9-5-13(11-16(18)21)17-10-8-15(19(25)27-17)12-3-6-14(7-4-12)28-20(22,23)24/h5,9,11-12,14-15,17H,2-4,6-8,10H2,1H3. The van der Waals surface area contributed by atoms with Crippen molar-refractivity contribution in [3.63, 3.8) is 0 Å². The molecule has 2 unspecified atom stereocenters. The van der Waals surface area contributed by atoms with Gasteiger partial charge in [-0.1, -0.05) is 6.07 Å². The number of cyclic esters (lactones) is 1. The number of benzene rings is 1. The van der Waals surface area contributed by atoms with Gasteiger partial charge in [0.1, 0.15) is 6.10 Å². The van der Waals surface area contributed by atoms with Crippen molar-refractivity contribution in [1.82, 2.24) is 0 Å². The van der Waals surface area contributed by atoms with Gasteiger partial charge in [0.05, 0.1) is 18.6 Å². The molecule has 0 aromatic heterocycles. The van der Waals surface area contributed by atoms with Crippen LogP contribution in [-0.2, 0) is 14.3 Å². The van der Waals surface area contributed by atoms with Gasteiger partial charge in [-0.25, -0.2) is 4.39 Å². The fourth-order valence-corrected chi connectivity index (χ4v) is 4.19. The largest absolute Gasteiger partial charge is 0.522 e. The van der Waals surface area contributed by atoms with Gasteiger partial charge in [-0.05, 0) is 69.1 Å². The van der Waals surface area contributed by atoms with Crippen LogP contribution in [0.15, 0.2) is 18.2 Å². The van der Waals surface area contributed by atoms with E-state index in [1.807, 2.05) is 0 Å². The number of rotatable bonds is 5. The van der Waals surface area contributed by atoms with Crippen molar-refractivity contribution in [2.45, 2.75) is 64.0 Å². The van der Waals surface area contributed by atoms with Crippen molar-refractivity contribution in [2.75, 3.05) is 6.61 Å². The Morgan fingerprint density at radius 3 is 2.39 bits per heavy atom. The number of carbonyl (C=O) groups excluding carboxylic acids is 1. The van der Waals surface area contributed by atoms with Gasteiger partial charge in [0.2, 0.25) is 0 Å². The van der Waals surface area contributed by atoms with E-state index in [0.29, 0.717) is 37.9 Å². The van der Waals surface area contributed by atoms with Gasteiger partial charge < -0.3 is 9.47 Å². The Kier molecular flexibility index (Phi) is 6.47. The number of ether oxygens (including phenoxy) is 3. The predicted octanol–water partition coefficient (Wildman–Crippen LogP) is 5.31. The molecule has 0 bridgehead atoms. The highest BCUT2D eigenvalue weighted by molar-refractivity contribution is 5.74. The Balaban J connectivity index is 1.54. The molecule has 4 nitrogen and oxygen atoms in total. The van der Waals surface area contributed by atoms with Crippen LogP contribution in [0.1, 0.15) is 57.1 Å². The molecule has 0 amide bonds. The summed E-state index contributed by atoms with van der Waals surface area (Å²) in [5, 5.41) is 0. The first kappa shape index (κ1) is 20.9. The highest BCUT2D eigenvalue weighted by Gasteiger charge is 2.40. The summed E-state index contributed by atoms with van der Waals surface area (Å²) < 4.78 is 65.8. The van der Waals surface area contributed by atoms with Gasteiger partial charge in [-0.15, -0.1) is 13.2 Å². The topological polar surface area (TPSA) is 44.8 Å². The predicted molar refractivity (Wildman–Crippen MR) is 92.0 cm³/mol. The van der Waals surface area contributed by atoms with E-state index in [-0.39, 0.29) is 36.4 Å². The molecule has 3 rings (SSSR count). The second kappa shape index (κ2) is 8.68. The smallest absolute Gasteiger partial charge is 0.491 e. The maximum atomic E-state index is 14.1. The monoisotopic (exact) mass is 404 g/mol. The molecule has 1 saturated carbocycles. The molecule has 2 aliphatic rings. The Morgan fingerprint density at radius 1 is 1.11 bits per heavy atom. The molecular formula is C20H24F4O4. The average molecular weight is 404 g/mol. The van der Waals surface area contributed by atoms with Crippen LogP contribution >= 0.6 is 0 Å². The Hall–Kier alpha value is -1.83. The lowest BCUT2D eigenvalue weighted by Gasteiger charge is -2.36. The van der Waals surface area contributed by atoms with E-state index in [1.54, 1.807) is 13.0 Å². The first-order valence-corrected chi connectivity index (χ1v) is 9.64. The van der Waals surface area contributed by atoms with Gasteiger partial charge in [0, 0.05) is 0 Å². The van der Waals surface area contributed by atoms with Gasteiger partial charge in [0.15, 0.2) is 11.6 Å². The van der Waals surface area contributed by atoms with E-state index in [9.17, 15) is 22.4 Å². The van der Waals surface area contributed by atoms with E-state index < -0.39 is 24.4 Å². The van der Waals surface area contributed by atoms with Crippen molar-refractivity contribution in [2.24, 2.45) is 11.8 Å². The third-order valence-electron chi connectivity index (χ3n) is 5.52. The van der Waals surface area contributed by atoms with Crippen molar-refractivity contribution < 1.29 is 36.6 Å². The van der Waals surface area contributed by atoms with Crippen LogP contribution in [0.25, 0.3) is 0 Å². The molecule has 8 heteroatoms. The molecule has 156 valence electrons. The molecule has 1 aromatic carbocycles. The first-order chi connectivity index (χ1) is 13.3. The Bertz CT molecular complexity index is 683. The van der Waals surface area contributed by atoms with E-state index >= 15 is 0 Å². The molecule has 0 spiro atoms. The molecule has 1 saturated heterocycles. The summed E-state index contributed by atoms with van der Waals surface area (Å²) in [4.78, 5) is 12.5. The van der Waals surface area contributed by atoms with Crippen molar-refractivity contribution in [1.29, 1.82) is 0 Å². The average Bonchev–Trinajstić information content (AvgIpc) is 2.63. The van der Waals surface area contributed by atoms with Crippen LogP contribution in [0, 0.1) is 17.7 Å². The van der Waals surface area contributed by atoms with Crippen LogP contribution in [-0.4, -0.2) is 25.0 Å². The molecule has 1 aliphatic heterocycles. The van der Waals surface area contributed by atoms with Gasteiger partial charge >= 0.3 is 12.3 Å². The summed E-state index contributed by atoms with van der Waals surface area (Å²) in [5.74, 6) is -1.02. The third kappa shape index (κ3) is 5.16. The lowest BCUT2D eigenvalue weighted by atomic mass is 9.75. The summed E-state index contributed by atoms with van der Waals surface area (Å²) in [7, 11) is 0. The van der Waals surface area contributed by atoms with E-state index in [2.05, 4.69) is 4.74 Å². The molecule has 1 aromatic rings. The van der Waals surface area contributed by atoms with E-state index in [1.165, 1.54) is 12.1 Å². The zero-order valence-corrected chi connectivity index (χ0v) is 15.6. The van der Waals surface area contributed by atoms with Crippen LogP contribution in [0.5, 0.6) is 5.75 Å². The van der Waals surface area contributed by atoms with E-state index in [4.69, 9.17) is 9.47 Å². The van der Waals surface area contributed by atoms with Gasteiger partial charge in [0.25, 0.3) is 0 Å². The lowest BCUT2D eigenvalue weighted by Crippen LogP contribution is -2.36. The number of esters is 1. The van der Waals surface area contributed by atoms with Crippen LogP contribution in [0.3, 0.4) is 0 Å². The summed E-state index contributed by atoms with van der Waals surface area (Å²) in [5.41, 5.74) is 0.579. The third-order valence-corrected chi connectivity index (χ3v) is 5.52. The molecule has 0 radical (unpaired) electrons. The minimum Gasteiger partial charge on any atom is -0.491 e. The number of hydrogen-bond donors (Lipinski definition) is 0. The zero-order valence-electron chi connectivity index (χ0n) is 15.6. The van der Waals surface area contributed by atoms with Crippen molar-refractivity contribution in [3.8, 4) is 5.75 Å². The van der Waals surface area contributed by atoms with Crippen molar-refractivity contribution in [3.05, 3.63) is 29.6 Å². The van der Waals surface area contributed by atoms with Crippen molar-refractivity contribution >= 4 is 5.97 Å². The van der Waals surface area contributed by atoms with Crippen LogP contribution < -0.4 is 4.74 Å². The molecule has 2 atom stereocenters. The van der Waals surface area contributed by atoms with Gasteiger partial charge in [-0.2, -0.15) is 0 Å². The molecule has 0 N–H and O–H groups in total. The number of halogens is 4. The van der Waals surface area contributed by atoms with Crippen LogP contribution in [0.4, 0.5) is 17.6 Å². The fraction of sp³-hybridized carbons (Fsp3) is 0.650. The zero-order chi connectivity index (χ0) is 20.3. The fourth-order valence-electron chi connectivity index (χ4n) is 4.19. The Morgan fingerprint density at radius 2 is 1.82 bits per heavy atom. The highest BCUT2D eigenvalue weighted by Crippen LogP contribution is 2.41. The number of carbonyl (C=O) groups is 1. The highest BCUT2D eigenvalue weighted by atomic mass is 19.4. The van der Waals surface area contributed by atoms with Crippen LogP contribution in [0.2, 0.25) is 0 Å². The molecule has 28 heavy (non-hydrogen) atoms. The number of alkyl halides is 3. The molecule has 1 aliphatic carbocycles. The summed E-state index contributed by atoms with van der Waals surface area (Å²) in [6.07, 6.45) is -3.28. The summed E-state index contributed by atoms with van der Waals surface area (Å²) >= 11 is 0. The SMILES string of the molecule is CCOc1ccc(C2CCC(C3CCC(OC(F)(F)F)CC3)C(=O)O2)cc1F. The van der Waals surface area contributed by atoms with Gasteiger partial charge in [-0.3, -0.25) is 9.53 Å². The first-order valence-electron chi connectivity index (χ1n) is 9.64. The lowest BCUT2D eigenvalue weighted by molar-refractivity contribution is -0.346. The molecule has 1 heterocycles. The summed E-state index contributed by atoms with van der Waals surface area (Å²) in [6, 6.07) is 4.53. The van der Waals surface area contributed by atoms with E-state index in [0.717, 1.165) is 0 Å². The Labute approximate surface area is 161 Å². The number of hydrogen-bond acceptors (Lipinski definition) is 4. The normalized spacial score (nSPS) is 28.7. The second-order valence-electron chi connectivity index (χ2n) is 7.33. The minimum atomic E-state index is -4.62. The maximum Gasteiger partial charge on any atom is 0.522 e. The maximum absolute atomic E-state index is 14.1. The quantitative estimate of drug-likeness (QED) is 0.493. The molecular weight excluding hydrogens is 380 g/mol. The second-order valence-corrected chi connectivity index (χ2v) is 7.33. The molecule has 2 fully saturated rings. The summed E-state index contributed by atoms with van der Waals surface area (Å²) in [6.45, 7) is 2.12. The minimum absolute atomic E-state index is 0.00130.